The van der Waals surface area contributed by atoms with Crippen molar-refractivity contribution in [3.05, 3.63) is 0 Å². The maximum atomic E-state index is 10.3. The van der Waals surface area contributed by atoms with Gasteiger partial charge in [0.2, 0.25) is 6.41 Å². The molecule has 1 rings (SSSR count). The van der Waals surface area contributed by atoms with E-state index in [1.807, 2.05) is 25.7 Å². The zero-order chi connectivity index (χ0) is 16.2. The van der Waals surface area contributed by atoms with E-state index >= 15 is 0 Å². The van der Waals surface area contributed by atoms with E-state index in [4.69, 9.17) is 4.74 Å². The summed E-state index contributed by atoms with van der Waals surface area (Å²) in [6, 6.07) is 0.672. The third-order valence-electron chi connectivity index (χ3n) is 2.99. The lowest BCUT2D eigenvalue weighted by molar-refractivity contribution is -0.119. The number of likely N-dealkylation sites (tertiary alicyclic amines) is 1. The summed E-state index contributed by atoms with van der Waals surface area (Å²) in [4.78, 5) is 14.4. The molecule has 0 spiro atoms. The summed E-state index contributed by atoms with van der Waals surface area (Å²) < 4.78 is 4.94. The Hall–Kier alpha value is -0.610. The summed E-state index contributed by atoms with van der Waals surface area (Å²) in [7, 11) is 5.91. The molecule has 0 aliphatic carbocycles. The van der Waals surface area contributed by atoms with Gasteiger partial charge in [0.05, 0.1) is 5.60 Å². The fraction of sp³-hybridized carbons (Fsp3) is 0.938. The van der Waals surface area contributed by atoms with Gasteiger partial charge in [0.15, 0.2) is 0 Å². The smallest absolute Gasteiger partial charge is 0.209 e. The van der Waals surface area contributed by atoms with Gasteiger partial charge < -0.3 is 14.5 Å². The summed E-state index contributed by atoms with van der Waals surface area (Å²) in [6.45, 7) is 12.2. The third kappa shape index (κ3) is 13.8. The number of amides is 1. The van der Waals surface area contributed by atoms with Gasteiger partial charge in [0.1, 0.15) is 0 Å². The van der Waals surface area contributed by atoms with Crippen molar-refractivity contribution >= 4 is 6.41 Å². The van der Waals surface area contributed by atoms with Gasteiger partial charge in [-0.3, -0.25) is 4.79 Å². The molecule has 1 aliphatic rings. The molecule has 0 radical (unpaired) electrons. The van der Waals surface area contributed by atoms with Crippen LogP contribution >= 0.6 is 0 Å². The first-order valence-electron chi connectivity index (χ1n) is 7.62. The molecule has 0 aromatic carbocycles. The lowest BCUT2D eigenvalue weighted by Gasteiger charge is -2.33. The Bertz CT molecular complexity index is 217. The number of ether oxygens (including phenoxy) is 1. The van der Waals surface area contributed by atoms with Crippen LogP contribution in [0, 0.1) is 0 Å². The first kappa shape index (κ1) is 21.7. The van der Waals surface area contributed by atoms with E-state index in [-0.39, 0.29) is 5.60 Å². The Labute approximate surface area is 126 Å². The standard InChI is InChI=1S/C8H16N2O.C5H12O.C3H8/c1-9(2)8-3-5-10(7-11)6-4-8;1-5(2,3)6-4;1-3-2/h7-8H,3-6H2,1-2H3;1-4H3;3H2,1-2H3. The Kier molecular flexibility index (Phi) is 13.2. The minimum absolute atomic E-state index is 0.0417. The first-order chi connectivity index (χ1) is 9.21. The molecule has 0 saturated carbocycles. The molecule has 0 N–H and O–H groups in total. The topological polar surface area (TPSA) is 32.8 Å². The highest BCUT2D eigenvalue weighted by Crippen LogP contribution is 2.12. The SMILES string of the molecule is CCC.CN(C)C1CCN(C=O)CC1.COC(C)(C)C. The molecule has 0 aromatic heterocycles. The van der Waals surface area contributed by atoms with Crippen LogP contribution in [0.1, 0.15) is 53.9 Å². The number of carbonyl (C=O) groups is 1. The van der Waals surface area contributed by atoms with E-state index in [2.05, 4.69) is 32.8 Å². The minimum atomic E-state index is 0.0417. The second kappa shape index (κ2) is 12.2. The van der Waals surface area contributed by atoms with Crippen LogP contribution in [0.5, 0.6) is 0 Å². The van der Waals surface area contributed by atoms with Crippen molar-refractivity contribution in [1.29, 1.82) is 0 Å². The third-order valence-corrected chi connectivity index (χ3v) is 2.99. The monoisotopic (exact) mass is 288 g/mol. The van der Waals surface area contributed by atoms with E-state index < -0.39 is 0 Å². The van der Waals surface area contributed by atoms with Crippen LogP contribution in [0.25, 0.3) is 0 Å². The van der Waals surface area contributed by atoms with Crippen molar-refractivity contribution in [3.63, 3.8) is 0 Å². The van der Waals surface area contributed by atoms with Gasteiger partial charge in [-0.15, -0.1) is 0 Å². The quantitative estimate of drug-likeness (QED) is 0.732. The van der Waals surface area contributed by atoms with E-state index in [0.29, 0.717) is 6.04 Å². The van der Waals surface area contributed by atoms with Crippen molar-refractivity contribution in [1.82, 2.24) is 9.80 Å². The highest BCUT2D eigenvalue weighted by atomic mass is 16.5. The molecule has 1 fully saturated rings. The molecule has 122 valence electrons. The zero-order valence-corrected chi connectivity index (χ0v) is 14.9. The highest BCUT2D eigenvalue weighted by molar-refractivity contribution is 5.47. The number of methoxy groups -OCH3 is 1. The number of hydrogen-bond acceptors (Lipinski definition) is 3. The van der Waals surface area contributed by atoms with Crippen LogP contribution in [-0.2, 0) is 9.53 Å². The molecular weight excluding hydrogens is 252 g/mol. The maximum Gasteiger partial charge on any atom is 0.209 e. The average Bonchev–Trinajstić information content (AvgIpc) is 2.39. The van der Waals surface area contributed by atoms with Gasteiger partial charge in [0, 0.05) is 26.2 Å². The van der Waals surface area contributed by atoms with E-state index in [0.717, 1.165) is 32.3 Å². The van der Waals surface area contributed by atoms with Crippen LogP contribution in [0.3, 0.4) is 0 Å². The Morgan fingerprint density at radius 2 is 1.55 bits per heavy atom. The normalized spacial score (nSPS) is 15.9. The molecule has 0 bridgehead atoms. The fourth-order valence-corrected chi connectivity index (χ4v) is 1.51. The van der Waals surface area contributed by atoms with Crippen LogP contribution in [-0.4, -0.2) is 62.1 Å². The second-order valence-corrected chi connectivity index (χ2v) is 6.36. The van der Waals surface area contributed by atoms with Gasteiger partial charge in [-0.05, 0) is 47.7 Å². The molecule has 4 nitrogen and oxygen atoms in total. The molecule has 0 aromatic rings. The number of piperidine rings is 1. The zero-order valence-electron chi connectivity index (χ0n) is 14.9. The lowest BCUT2D eigenvalue weighted by Crippen LogP contribution is -2.41. The predicted octanol–water partition coefficient (Wildman–Crippen LogP) is 3.02. The maximum absolute atomic E-state index is 10.3. The van der Waals surface area contributed by atoms with Gasteiger partial charge >= 0.3 is 0 Å². The van der Waals surface area contributed by atoms with Gasteiger partial charge in [-0.2, -0.15) is 0 Å². The van der Waals surface area contributed by atoms with Crippen molar-refractivity contribution in [2.24, 2.45) is 0 Å². The first-order valence-corrected chi connectivity index (χ1v) is 7.62. The van der Waals surface area contributed by atoms with Crippen LogP contribution in [0.4, 0.5) is 0 Å². The minimum Gasteiger partial charge on any atom is -0.379 e. The summed E-state index contributed by atoms with van der Waals surface area (Å²) in [5, 5.41) is 0. The Morgan fingerprint density at radius 3 is 1.75 bits per heavy atom. The number of nitrogens with zero attached hydrogens (tertiary/aromatic N) is 2. The summed E-state index contributed by atoms with van der Waals surface area (Å²) in [6.07, 6.45) is 4.43. The van der Waals surface area contributed by atoms with Gasteiger partial charge in [-0.1, -0.05) is 20.3 Å². The van der Waals surface area contributed by atoms with E-state index in [1.54, 1.807) is 7.11 Å². The average molecular weight is 288 g/mol. The molecule has 1 saturated heterocycles. The number of hydrogen-bond donors (Lipinski definition) is 0. The molecular formula is C16H36N2O2. The molecule has 1 heterocycles. The van der Waals surface area contributed by atoms with Crippen LogP contribution in [0.15, 0.2) is 0 Å². The van der Waals surface area contributed by atoms with Crippen molar-refractivity contribution in [2.45, 2.75) is 65.5 Å². The molecule has 1 amide bonds. The summed E-state index contributed by atoms with van der Waals surface area (Å²) in [5.74, 6) is 0. The van der Waals surface area contributed by atoms with E-state index in [9.17, 15) is 4.79 Å². The molecule has 1 aliphatic heterocycles. The van der Waals surface area contributed by atoms with Crippen molar-refractivity contribution in [2.75, 3.05) is 34.3 Å². The lowest BCUT2D eigenvalue weighted by atomic mass is 10.1. The number of rotatable bonds is 2. The fourth-order valence-electron chi connectivity index (χ4n) is 1.51. The summed E-state index contributed by atoms with van der Waals surface area (Å²) in [5.41, 5.74) is 0.0417. The largest absolute Gasteiger partial charge is 0.379 e. The van der Waals surface area contributed by atoms with Crippen molar-refractivity contribution < 1.29 is 9.53 Å². The number of carbonyl (C=O) groups excluding carboxylic acids is 1. The van der Waals surface area contributed by atoms with Gasteiger partial charge in [-0.25, -0.2) is 0 Å². The molecule has 4 heteroatoms. The molecule has 0 atom stereocenters. The van der Waals surface area contributed by atoms with Crippen LogP contribution in [0.2, 0.25) is 0 Å². The predicted molar refractivity (Wildman–Crippen MR) is 87.1 cm³/mol. The molecule has 20 heavy (non-hydrogen) atoms. The van der Waals surface area contributed by atoms with Crippen molar-refractivity contribution in [3.8, 4) is 0 Å². The van der Waals surface area contributed by atoms with Crippen LogP contribution < -0.4 is 0 Å². The van der Waals surface area contributed by atoms with Gasteiger partial charge in [0.25, 0.3) is 0 Å². The Morgan fingerprint density at radius 1 is 1.20 bits per heavy atom. The van der Waals surface area contributed by atoms with E-state index in [1.165, 1.54) is 6.42 Å². The Balaban J connectivity index is 0. The second-order valence-electron chi connectivity index (χ2n) is 6.36. The molecule has 0 unspecified atom stereocenters. The highest BCUT2D eigenvalue weighted by Gasteiger charge is 2.18. The summed E-state index contributed by atoms with van der Waals surface area (Å²) >= 11 is 0.